The van der Waals surface area contributed by atoms with Crippen LogP contribution in [0.3, 0.4) is 0 Å². The molecule has 0 unspecified atom stereocenters. The zero-order valence-electron chi connectivity index (χ0n) is 17.7. The van der Waals surface area contributed by atoms with Crippen molar-refractivity contribution >= 4 is 11.8 Å². The van der Waals surface area contributed by atoms with E-state index < -0.39 is 0 Å². The van der Waals surface area contributed by atoms with Crippen molar-refractivity contribution in [3.05, 3.63) is 84.2 Å². The Morgan fingerprint density at radius 3 is 2.06 bits per heavy atom. The third-order valence-corrected chi connectivity index (χ3v) is 5.53. The molecule has 1 aliphatic heterocycles. The van der Waals surface area contributed by atoms with E-state index in [0.29, 0.717) is 44.8 Å². The highest BCUT2D eigenvalue weighted by molar-refractivity contribution is 5.94. The number of piperazine rings is 1. The minimum atomic E-state index is 0.0117. The molecule has 0 spiro atoms. The molecule has 1 fully saturated rings. The monoisotopic (exact) mass is 417 g/mol. The second-order valence-electron chi connectivity index (χ2n) is 7.56. The van der Waals surface area contributed by atoms with Gasteiger partial charge in [-0.3, -0.25) is 9.59 Å². The molecule has 2 aromatic carbocycles. The van der Waals surface area contributed by atoms with Crippen LogP contribution in [-0.4, -0.2) is 59.0 Å². The third-order valence-electron chi connectivity index (χ3n) is 5.53. The lowest BCUT2D eigenvalue weighted by Gasteiger charge is -2.35. The van der Waals surface area contributed by atoms with Gasteiger partial charge in [0.05, 0.1) is 13.0 Å². The van der Waals surface area contributed by atoms with E-state index in [0.717, 1.165) is 17.0 Å². The summed E-state index contributed by atoms with van der Waals surface area (Å²) in [5.41, 5.74) is 2.66. The second kappa shape index (κ2) is 9.51. The third kappa shape index (κ3) is 4.97. The van der Waals surface area contributed by atoms with Gasteiger partial charge in [0.1, 0.15) is 5.75 Å². The van der Waals surface area contributed by atoms with Gasteiger partial charge in [-0.2, -0.15) is 0 Å². The van der Waals surface area contributed by atoms with E-state index >= 15 is 0 Å². The molecule has 6 nitrogen and oxygen atoms in total. The minimum Gasteiger partial charge on any atom is -0.494 e. The van der Waals surface area contributed by atoms with Gasteiger partial charge < -0.3 is 19.1 Å². The van der Waals surface area contributed by atoms with Crippen LogP contribution in [0.15, 0.2) is 73.1 Å². The largest absolute Gasteiger partial charge is 0.494 e. The SMILES string of the molecule is CCOc1ccc(CC(=O)N2CCN(C(=O)c3ccc(-n4cccc4)cc3)CC2)cc1. The number of hydrogen-bond donors (Lipinski definition) is 0. The van der Waals surface area contributed by atoms with Gasteiger partial charge in [-0.25, -0.2) is 0 Å². The Bertz CT molecular complexity index is 1000. The first-order valence-corrected chi connectivity index (χ1v) is 10.7. The van der Waals surface area contributed by atoms with Gasteiger partial charge in [0.15, 0.2) is 0 Å². The molecule has 1 aromatic heterocycles. The molecule has 31 heavy (non-hydrogen) atoms. The van der Waals surface area contributed by atoms with Crippen molar-refractivity contribution in [1.82, 2.24) is 14.4 Å². The van der Waals surface area contributed by atoms with Crippen LogP contribution in [0.2, 0.25) is 0 Å². The zero-order chi connectivity index (χ0) is 21.6. The lowest BCUT2D eigenvalue weighted by atomic mass is 10.1. The van der Waals surface area contributed by atoms with Crippen molar-refractivity contribution in [2.75, 3.05) is 32.8 Å². The molecule has 160 valence electrons. The Morgan fingerprint density at radius 2 is 1.45 bits per heavy atom. The normalized spacial score (nSPS) is 13.8. The first kappa shape index (κ1) is 20.7. The summed E-state index contributed by atoms with van der Waals surface area (Å²) in [5.74, 6) is 0.914. The van der Waals surface area contributed by atoms with E-state index in [9.17, 15) is 9.59 Å². The number of ether oxygens (including phenoxy) is 1. The number of aromatic nitrogens is 1. The predicted octanol–water partition coefficient (Wildman–Crippen LogP) is 3.40. The Labute approximate surface area is 182 Å². The molecule has 1 saturated heterocycles. The van der Waals surface area contributed by atoms with Gasteiger partial charge in [0, 0.05) is 49.8 Å². The molecule has 0 radical (unpaired) electrons. The lowest BCUT2D eigenvalue weighted by Crippen LogP contribution is -2.51. The van der Waals surface area contributed by atoms with E-state index in [1.807, 2.05) is 94.3 Å². The van der Waals surface area contributed by atoms with Crippen molar-refractivity contribution in [2.24, 2.45) is 0 Å². The highest BCUT2D eigenvalue weighted by Gasteiger charge is 2.24. The van der Waals surface area contributed by atoms with Crippen LogP contribution >= 0.6 is 0 Å². The fourth-order valence-electron chi connectivity index (χ4n) is 3.78. The Hall–Kier alpha value is -3.54. The molecule has 1 aliphatic rings. The van der Waals surface area contributed by atoms with Crippen LogP contribution in [0.4, 0.5) is 0 Å². The van der Waals surface area contributed by atoms with Crippen molar-refractivity contribution in [3.63, 3.8) is 0 Å². The van der Waals surface area contributed by atoms with E-state index in [2.05, 4.69) is 0 Å². The first-order chi connectivity index (χ1) is 15.1. The standard InChI is InChI=1S/C25H27N3O3/c1-2-31-23-11-5-20(6-12-23)19-24(29)27-15-17-28(18-16-27)25(30)21-7-9-22(10-8-21)26-13-3-4-14-26/h3-14H,2,15-19H2,1H3. The molecular weight excluding hydrogens is 390 g/mol. The number of hydrogen-bond acceptors (Lipinski definition) is 3. The quantitative estimate of drug-likeness (QED) is 0.618. The Morgan fingerprint density at radius 1 is 0.839 bits per heavy atom. The summed E-state index contributed by atoms with van der Waals surface area (Å²) in [5, 5.41) is 0. The van der Waals surface area contributed by atoms with Crippen LogP contribution in [-0.2, 0) is 11.2 Å². The van der Waals surface area contributed by atoms with Gasteiger partial charge in [-0.05, 0) is 61.0 Å². The second-order valence-corrected chi connectivity index (χ2v) is 7.56. The molecule has 0 saturated carbocycles. The van der Waals surface area contributed by atoms with Gasteiger partial charge in [-0.1, -0.05) is 12.1 Å². The van der Waals surface area contributed by atoms with Crippen LogP contribution in [0, 0.1) is 0 Å². The number of carbonyl (C=O) groups is 2. The summed E-state index contributed by atoms with van der Waals surface area (Å²) in [6.07, 6.45) is 4.31. The fraction of sp³-hybridized carbons (Fsp3) is 0.280. The average Bonchev–Trinajstić information content (AvgIpc) is 3.35. The first-order valence-electron chi connectivity index (χ1n) is 10.7. The van der Waals surface area contributed by atoms with Gasteiger partial charge in [0.2, 0.25) is 5.91 Å². The van der Waals surface area contributed by atoms with Crippen molar-refractivity contribution < 1.29 is 14.3 Å². The molecule has 3 aromatic rings. The number of rotatable bonds is 6. The maximum Gasteiger partial charge on any atom is 0.253 e. The van der Waals surface area contributed by atoms with E-state index in [1.54, 1.807) is 0 Å². The van der Waals surface area contributed by atoms with Crippen molar-refractivity contribution in [3.8, 4) is 11.4 Å². The molecule has 0 atom stereocenters. The summed E-state index contributed by atoms with van der Waals surface area (Å²) < 4.78 is 7.45. The summed E-state index contributed by atoms with van der Waals surface area (Å²) >= 11 is 0. The topological polar surface area (TPSA) is 54.8 Å². The van der Waals surface area contributed by atoms with Crippen molar-refractivity contribution in [2.45, 2.75) is 13.3 Å². The van der Waals surface area contributed by atoms with Crippen LogP contribution in [0.1, 0.15) is 22.8 Å². The van der Waals surface area contributed by atoms with Crippen molar-refractivity contribution in [1.29, 1.82) is 0 Å². The smallest absolute Gasteiger partial charge is 0.253 e. The molecule has 0 N–H and O–H groups in total. The van der Waals surface area contributed by atoms with E-state index in [4.69, 9.17) is 4.74 Å². The maximum atomic E-state index is 12.9. The van der Waals surface area contributed by atoms with E-state index in [-0.39, 0.29) is 11.8 Å². The van der Waals surface area contributed by atoms with Crippen LogP contribution < -0.4 is 4.74 Å². The molecule has 0 aliphatic carbocycles. The van der Waals surface area contributed by atoms with Gasteiger partial charge >= 0.3 is 0 Å². The maximum absolute atomic E-state index is 12.9. The predicted molar refractivity (Wildman–Crippen MR) is 120 cm³/mol. The Kier molecular flexibility index (Phi) is 6.36. The Balaban J connectivity index is 1.29. The molecule has 6 heteroatoms. The minimum absolute atomic E-state index is 0.0117. The van der Waals surface area contributed by atoms with Gasteiger partial charge in [0.25, 0.3) is 5.91 Å². The molecule has 2 heterocycles. The number of carbonyl (C=O) groups excluding carboxylic acids is 2. The van der Waals surface area contributed by atoms with Crippen LogP contribution in [0.5, 0.6) is 5.75 Å². The number of nitrogens with zero attached hydrogens (tertiary/aromatic N) is 3. The van der Waals surface area contributed by atoms with Gasteiger partial charge in [-0.15, -0.1) is 0 Å². The number of amides is 2. The molecule has 2 amide bonds. The average molecular weight is 418 g/mol. The fourth-order valence-corrected chi connectivity index (χ4v) is 3.78. The number of benzene rings is 2. The summed E-state index contributed by atoms with van der Waals surface area (Å²) in [7, 11) is 0. The summed E-state index contributed by atoms with van der Waals surface area (Å²) in [6, 6.07) is 19.2. The molecule has 4 rings (SSSR count). The lowest BCUT2D eigenvalue weighted by molar-refractivity contribution is -0.131. The highest BCUT2D eigenvalue weighted by Crippen LogP contribution is 2.16. The summed E-state index contributed by atoms with van der Waals surface area (Å²) in [6.45, 7) is 4.78. The van der Waals surface area contributed by atoms with Crippen LogP contribution in [0.25, 0.3) is 5.69 Å². The molecular formula is C25H27N3O3. The van der Waals surface area contributed by atoms with E-state index in [1.165, 1.54) is 0 Å². The summed E-state index contributed by atoms with van der Waals surface area (Å²) in [4.78, 5) is 29.2. The molecule has 0 bridgehead atoms. The zero-order valence-corrected chi connectivity index (χ0v) is 17.7. The highest BCUT2D eigenvalue weighted by atomic mass is 16.5.